The first-order valence-corrected chi connectivity index (χ1v) is 8.58. The molecule has 1 heterocycles. The summed E-state index contributed by atoms with van der Waals surface area (Å²) in [5.74, 6) is -0.667. The van der Waals surface area contributed by atoms with Crippen molar-refractivity contribution in [2.45, 2.75) is 6.92 Å². The molecule has 0 atom stereocenters. The Hall–Kier alpha value is -2.83. The van der Waals surface area contributed by atoms with Crippen molar-refractivity contribution in [1.29, 1.82) is 0 Å². The maximum Gasteiger partial charge on any atom is 0.337 e. The van der Waals surface area contributed by atoms with Crippen molar-refractivity contribution in [3.63, 3.8) is 0 Å². The maximum absolute atomic E-state index is 12.9. The zero-order valence-corrected chi connectivity index (χ0v) is 15.9. The molecule has 0 fully saturated rings. The summed E-state index contributed by atoms with van der Waals surface area (Å²) in [6, 6.07) is 11.4. The van der Waals surface area contributed by atoms with Crippen molar-refractivity contribution in [3.8, 4) is 11.3 Å². The summed E-state index contributed by atoms with van der Waals surface area (Å²) in [6.45, 7) is 1.61. The molecule has 1 N–H and O–H groups in total. The second kappa shape index (κ2) is 7.82. The first-order valence-electron chi connectivity index (χ1n) is 7.82. The molecule has 2 aromatic carbocycles. The molecule has 1 amide bonds. The fraction of sp³-hybridized carbons (Fsp3) is 0.105. The van der Waals surface area contributed by atoms with Gasteiger partial charge in [-0.3, -0.25) is 4.79 Å². The minimum absolute atomic E-state index is 0.202. The van der Waals surface area contributed by atoms with Crippen LogP contribution in [-0.2, 0) is 4.74 Å². The number of methoxy groups -OCH3 is 1. The highest BCUT2D eigenvalue weighted by molar-refractivity contribution is 6.39. The van der Waals surface area contributed by atoms with Gasteiger partial charge in [0.2, 0.25) is 0 Å². The van der Waals surface area contributed by atoms with E-state index < -0.39 is 11.9 Å². The molecule has 0 aliphatic rings. The van der Waals surface area contributed by atoms with Crippen LogP contribution >= 0.6 is 23.2 Å². The Balaban J connectivity index is 1.98. The van der Waals surface area contributed by atoms with Crippen LogP contribution in [0.4, 0.5) is 5.69 Å². The molecule has 3 aromatic rings. The van der Waals surface area contributed by atoms with E-state index in [9.17, 15) is 9.59 Å². The fourth-order valence-corrected chi connectivity index (χ4v) is 3.15. The van der Waals surface area contributed by atoms with E-state index in [-0.39, 0.29) is 11.3 Å². The second-order valence-electron chi connectivity index (χ2n) is 5.59. The van der Waals surface area contributed by atoms with E-state index in [2.05, 4.69) is 15.2 Å². The average molecular weight is 405 g/mol. The largest absolute Gasteiger partial charge is 0.465 e. The number of nitrogens with one attached hydrogen (secondary N) is 1. The number of nitrogens with zero attached hydrogens (tertiary/aromatic N) is 1. The molecular formula is C19H14Cl2N2O4. The number of rotatable bonds is 4. The SMILES string of the molecule is COC(=O)c1cccc(NC(=O)c2c(-c3c(Cl)cccc3Cl)noc2C)c1. The topological polar surface area (TPSA) is 81.4 Å². The lowest BCUT2D eigenvalue weighted by molar-refractivity contribution is 0.0600. The Morgan fingerprint density at radius 2 is 1.78 bits per heavy atom. The molecule has 3 rings (SSSR count). The maximum atomic E-state index is 12.9. The number of aryl methyl sites for hydroxylation is 1. The number of benzene rings is 2. The van der Waals surface area contributed by atoms with E-state index in [1.807, 2.05) is 0 Å². The summed E-state index contributed by atoms with van der Waals surface area (Å²) < 4.78 is 9.88. The van der Waals surface area contributed by atoms with Crippen molar-refractivity contribution >= 4 is 40.8 Å². The number of hydrogen-bond acceptors (Lipinski definition) is 5. The van der Waals surface area contributed by atoms with E-state index >= 15 is 0 Å². The van der Waals surface area contributed by atoms with E-state index in [4.69, 9.17) is 27.7 Å². The molecule has 0 saturated heterocycles. The molecule has 138 valence electrons. The Morgan fingerprint density at radius 1 is 1.11 bits per heavy atom. The molecule has 6 nitrogen and oxygen atoms in total. The Morgan fingerprint density at radius 3 is 2.44 bits per heavy atom. The van der Waals surface area contributed by atoms with Gasteiger partial charge < -0.3 is 14.6 Å². The Labute approximate surface area is 165 Å². The predicted octanol–water partition coefficient (Wildman–Crippen LogP) is 5.00. The molecule has 0 radical (unpaired) electrons. The zero-order chi connectivity index (χ0) is 19.6. The third kappa shape index (κ3) is 3.82. The van der Waals surface area contributed by atoms with Crippen molar-refractivity contribution in [3.05, 3.63) is 69.4 Å². The molecule has 0 spiro atoms. The van der Waals surface area contributed by atoms with E-state index in [0.29, 0.717) is 32.6 Å². The van der Waals surface area contributed by atoms with Gasteiger partial charge in [-0.2, -0.15) is 0 Å². The van der Waals surface area contributed by atoms with Gasteiger partial charge >= 0.3 is 5.97 Å². The minimum Gasteiger partial charge on any atom is -0.465 e. The average Bonchev–Trinajstić information content (AvgIpc) is 3.02. The van der Waals surface area contributed by atoms with Crippen LogP contribution < -0.4 is 5.32 Å². The van der Waals surface area contributed by atoms with Gasteiger partial charge in [-0.05, 0) is 37.3 Å². The summed E-state index contributed by atoms with van der Waals surface area (Å²) in [5, 5.41) is 7.36. The smallest absolute Gasteiger partial charge is 0.337 e. The third-order valence-electron chi connectivity index (χ3n) is 3.83. The fourth-order valence-electron chi connectivity index (χ4n) is 2.57. The van der Waals surface area contributed by atoms with Crippen LogP contribution in [0.2, 0.25) is 10.0 Å². The number of aromatic nitrogens is 1. The van der Waals surface area contributed by atoms with Crippen LogP contribution in [0.3, 0.4) is 0 Å². The summed E-state index contributed by atoms with van der Waals surface area (Å²) in [5.41, 5.74) is 1.58. The molecule has 8 heteroatoms. The van der Waals surface area contributed by atoms with E-state index in [1.165, 1.54) is 13.2 Å². The number of hydrogen-bond donors (Lipinski definition) is 1. The van der Waals surface area contributed by atoms with Gasteiger partial charge in [0.05, 0.1) is 22.7 Å². The van der Waals surface area contributed by atoms with Gasteiger partial charge in [-0.25, -0.2) is 4.79 Å². The van der Waals surface area contributed by atoms with Gasteiger partial charge in [0, 0.05) is 11.3 Å². The third-order valence-corrected chi connectivity index (χ3v) is 4.46. The van der Waals surface area contributed by atoms with Crippen molar-refractivity contribution in [2.24, 2.45) is 0 Å². The summed E-state index contributed by atoms with van der Waals surface area (Å²) >= 11 is 12.5. The van der Waals surface area contributed by atoms with Gasteiger partial charge in [0.25, 0.3) is 5.91 Å². The lowest BCUT2D eigenvalue weighted by atomic mass is 10.1. The molecule has 0 saturated carbocycles. The molecule has 27 heavy (non-hydrogen) atoms. The van der Waals surface area contributed by atoms with Gasteiger partial charge in [0.15, 0.2) is 0 Å². The lowest BCUT2D eigenvalue weighted by Gasteiger charge is -2.09. The molecular weight excluding hydrogens is 391 g/mol. The second-order valence-corrected chi connectivity index (χ2v) is 6.40. The molecule has 0 bridgehead atoms. The van der Waals surface area contributed by atoms with Crippen LogP contribution in [0.15, 0.2) is 47.0 Å². The first kappa shape index (κ1) is 18.9. The predicted molar refractivity (Wildman–Crippen MR) is 102 cm³/mol. The van der Waals surface area contributed by atoms with Gasteiger partial charge in [-0.15, -0.1) is 0 Å². The highest BCUT2D eigenvalue weighted by Crippen LogP contribution is 2.37. The quantitative estimate of drug-likeness (QED) is 0.618. The molecule has 1 aromatic heterocycles. The molecule has 0 aliphatic carbocycles. The molecule has 0 unspecified atom stereocenters. The number of ether oxygens (including phenoxy) is 1. The van der Waals surface area contributed by atoms with Crippen LogP contribution in [0.1, 0.15) is 26.5 Å². The van der Waals surface area contributed by atoms with E-state index in [0.717, 1.165) is 0 Å². The van der Waals surface area contributed by atoms with Crippen molar-refractivity contribution < 1.29 is 18.8 Å². The Bertz CT molecular complexity index is 1010. The normalized spacial score (nSPS) is 10.5. The highest BCUT2D eigenvalue weighted by atomic mass is 35.5. The number of amides is 1. The molecule has 0 aliphatic heterocycles. The van der Waals surface area contributed by atoms with Crippen LogP contribution in [-0.4, -0.2) is 24.1 Å². The summed E-state index contributed by atoms with van der Waals surface area (Å²) in [4.78, 5) is 24.5. The summed E-state index contributed by atoms with van der Waals surface area (Å²) in [7, 11) is 1.29. The van der Waals surface area contributed by atoms with Crippen molar-refractivity contribution in [1.82, 2.24) is 5.16 Å². The number of carbonyl (C=O) groups is 2. The Kier molecular flexibility index (Phi) is 5.48. The zero-order valence-electron chi connectivity index (χ0n) is 14.4. The lowest BCUT2D eigenvalue weighted by Crippen LogP contribution is -2.14. The van der Waals surface area contributed by atoms with Gasteiger partial charge in [-0.1, -0.05) is 40.5 Å². The number of carbonyl (C=O) groups excluding carboxylic acids is 2. The number of esters is 1. The monoisotopic (exact) mass is 404 g/mol. The number of anilines is 1. The summed E-state index contributed by atoms with van der Waals surface area (Å²) in [6.07, 6.45) is 0. The number of halogens is 2. The van der Waals surface area contributed by atoms with Crippen LogP contribution in [0.25, 0.3) is 11.3 Å². The first-order chi connectivity index (χ1) is 12.9. The van der Waals surface area contributed by atoms with Gasteiger partial charge in [0.1, 0.15) is 17.0 Å². The minimum atomic E-state index is -0.504. The van der Waals surface area contributed by atoms with Crippen LogP contribution in [0, 0.1) is 6.92 Å². The van der Waals surface area contributed by atoms with E-state index in [1.54, 1.807) is 43.3 Å². The standard InChI is InChI=1S/C19H14Cl2N2O4/c1-10-15(17(23-27-10)16-13(20)7-4-8-14(16)21)18(24)22-12-6-3-5-11(9-12)19(25)26-2/h3-9H,1-2H3,(H,22,24). The highest BCUT2D eigenvalue weighted by Gasteiger charge is 2.25. The van der Waals surface area contributed by atoms with Crippen molar-refractivity contribution in [2.75, 3.05) is 12.4 Å². The van der Waals surface area contributed by atoms with Crippen LogP contribution in [0.5, 0.6) is 0 Å².